The van der Waals surface area contributed by atoms with E-state index >= 15 is 0 Å². The van der Waals surface area contributed by atoms with Crippen molar-refractivity contribution in [2.45, 2.75) is 112 Å². The number of carbonyl (C=O) groups excluding carboxylic acids is 1. The Balaban J connectivity index is 2.42. The van der Waals surface area contributed by atoms with Gasteiger partial charge in [-0.3, -0.25) is 4.90 Å². The molecule has 1 N–H and O–H groups in total. The van der Waals surface area contributed by atoms with Crippen molar-refractivity contribution in [3.63, 3.8) is 0 Å². The lowest BCUT2D eigenvalue weighted by Gasteiger charge is -2.43. The second-order valence-electron chi connectivity index (χ2n) is 11.4. The second-order valence-corrected chi connectivity index (χ2v) is 11.4. The Kier molecular flexibility index (Phi) is 8.87. The zero-order valence-electron chi connectivity index (χ0n) is 24.1. The van der Waals surface area contributed by atoms with Gasteiger partial charge in [0.05, 0.1) is 6.04 Å². The van der Waals surface area contributed by atoms with Gasteiger partial charge in [-0.2, -0.15) is 0 Å². The van der Waals surface area contributed by atoms with E-state index in [1.54, 1.807) is 6.92 Å². The van der Waals surface area contributed by atoms with Crippen LogP contribution in [0.1, 0.15) is 91.3 Å². The zero-order valence-corrected chi connectivity index (χ0v) is 23.1. The smallest absolute Gasteiger partial charge is 0.344 e. The van der Waals surface area contributed by atoms with Crippen LogP contribution in [-0.2, 0) is 15.1 Å². The summed E-state index contributed by atoms with van der Waals surface area (Å²) in [5, 5.41) is 5.48. The van der Waals surface area contributed by atoms with Gasteiger partial charge < -0.3 is 9.85 Å². The van der Waals surface area contributed by atoms with Crippen LogP contribution in [0.2, 0.25) is 0 Å². The lowest BCUT2D eigenvalue weighted by molar-refractivity contribution is -0.182. The lowest BCUT2D eigenvalue weighted by Crippen LogP contribution is -2.49. The third-order valence-corrected chi connectivity index (χ3v) is 7.92. The van der Waals surface area contributed by atoms with Crippen molar-refractivity contribution in [1.82, 2.24) is 4.90 Å². The molecular weight excluding hydrogens is 422 g/mol. The molecule has 190 valence electrons. The molecule has 1 fully saturated rings. The van der Waals surface area contributed by atoms with Crippen molar-refractivity contribution in [3.05, 3.63) is 34.9 Å². The highest BCUT2D eigenvalue weighted by Crippen LogP contribution is 2.46. The third-order valence-electron chi connectivity index (χ3n) is 7.92. The summed E-state index contributed by atoms with van der Waals surface area (Å²) < 4.78 is 14.2. The van der Waals surface area contributed by atoms with E-state index in [1.165, 1.54) is 0 Å². The number of aliphatic hydroxyl groups is 1. The molecule has 1 aliphatic carbocycles. The van der Waals surface area contributed by atoms with Gasteiger partial charge in [-0.1, -0.05) is 63.7 Å². The van der Waals surface area contributed by atoms with Crippen molar-refractivity contribution in [2.75, 3.05) is 6.54 Å². The van der Waals surface area contributed by atoms with Crippen LogP contribution in [0.5, 0.6) is 0 Å². The Morgan fingerprint density at radius 2 is 1.88 bits per heavy atom. The second kappa shape index (κ2) is 11.3. The molecule has 0 aliphatic heterocycles. The van der Waals surface area contributed by atoms with Crippen molar-refractivity contribution < 1.29 is 14.6 Å². The van der Waals surface area contributed by atoms with Gasteiger partial charge >= 0.3 is 5.97 Å². The Labute approximate surface area is 210 Å². The molecule has 0 radical (unpaired) electrons. The first-order valence-electron chi connectivity index (χ1n) is 13.4. The lowest BCUT2D eigenvalue weighted by atomic mass is 9.64. The van der Waals surface area contributed by atoms with Gasteiger partial charge in [-0.05, 0) is 90.0 Å². The first-order valence-corrected chi connectivity index (χ1v) is 13.0. The van der Waals surface area contributed by atoms with E-state index in [0.717, 1.165) is 36.9 Å². The monoisotopic (exact) mass is 470 g/mol. The maximum Gasteiger partial charge on any atom is 0.344 e. The van der Waals surface area contributed by atoms with Crippen molar-refractivity contribution in [1.29, 1.82) is 1.43 Å². The van der Waals surface area contributed by atoms with E-state index in [1.807, 2.05) is 32.0 Å². The van der Waals surface area contributed by atoms with Crippen LogP contribution >= 0.6 is 0 Å². The van der Waals surface area contributed by atoms with Crippen LogP contribution in [-0.4, -0.2) is 41.6 Å². The molecule has 0 aromatic heterocycles. The summed E-state index contributed by atoms with van der Waals surface area (Å²) in [6.07, 6.45) is 2.34. The molecule has 34 heavy (non-hydrogen) atoms. The molecule has 6 atom stereocenters. The maximum atomic E-state index is 13.9. The number of aryl methyl sites for hydroxylation is 2. The molecule has 0 heterocycles. The fourth-order valence-electron chi connectivity index (χ4n) is 5.53. The Hall–Kier alpha value is -1.83. The van der Waals surface area contributed by atoms with Gasteiger partial charge in [0.1, 0.15) is 0 Å². The number of nitrogens with zero attached hydrogens (tertiary/aromatic N) is 1. The van der Waals surface area contributed by atoms with Crippen molar-refractivity contribution in [2.24, 2.45) is 17.8 Å². The first kappa shape index (κ1) is 26.8. The zero-order chi connectivity index (χ0) is 26.6. The Morgan fingerprint density at radius 3 is 2.44 bits per heavy atom. The van der Waals surface area contributed by atoms with E-state index in [-0.39, 0.29) is 23.4 Å². The quantitative estimate of drug-likeness (QED) is 0.392. The molecule has 1 aliphatic rings. The number of benzene rings is 1. The summed E-state index contributed by atoms with van der Waals surface area (Å²) in [7, 11) is 0. The maximum absolute atomic E-state index is 13.9. The third kappa shape index (κ3) is 6.23. The molecule has 0 amide bonds. The van der Waals surface area contributed by atoms with Crippen LogP contribution in [0.4, 0.5) is 0 Å². The van der Waals surface area contributed by atoms with Gasteiger partial charge in [0.25, 0.3) is 0 Å². The van der Waals surface area contributed by atoms with Gasteiger partial charge in [0, 0.05) is 11.5 Å². The average Bonchev–Trinajstić information content (AvgIpc) is 2.77. The summed E-state index contributed by atoms with van der Waals surface area (Å²) in [4.78, 5) is 16.2. The van der Waals surface area contributed by atoms with Crippen LogP contribution in [0.3, 0.4) is 0 Å². The van der Waals surface area contributed by atoms with Crippen LogP contribution in [0, 0.1) is 43.4 Å². The number of hydrogen-bond acceptors (Lipinski definition) is 4. The van der Waals surface area contributed by atoms with Crippen molar-refractivity contribution >= 4 is 5.97 Å². The number of esters is 1. The molecule has 0 spiro atoms. The van der Waals surface area contributed by atoms with Crippen LogP contribution in [0.25, 0.3) is 0 Å². The summed E-state index contributed by atoms with van der Waals surface area (Å²) in [5.74, 6) is 6.42. The standard InChI is InChI=1S/C30H47NO3/c1-11-31(29(8,9)10)23(5)16-17-24(6)34-28(32)30(33,26-18-15-20(2)22(4)19-26)27-14-12-13-21(3)25(27)7/h15,18-19,21,23-25,27,33H,11-14H2,1-10H3/i33D. The van der Waals surface area contributed by atoms with E-state index in [9.17, 15) is 4.79 Å². The molecule has 1 aromatic carbocycles. The molecule has 6 unspecified atom stereocenters. The largest absolute Gasteiger partial charge is 0.447 e. The SMILES string of the molecule is [2H]OC(C(=O)OC(C)C#CC(C)N(CC)C(C)(C)C)(c1ccc(C)c(C)c1)C1CCCC(C)C1C. The molecule has 2 rings (SSSR count). The fourth-order valence-corrected chi connectivity index (χ4v) is 5.53. The van der Waals surface area contributed by atoms with E-state index in [0.29, 0.717) is 11.5 Å². The summed E-state index contributed by atoms with van der Waals surface area (Å²) >= 11 is 0. The topological polar surface area (TPSA) is 49.8 Å². The Bertz CT molecular complexity index is 928. The van der Waals surface area contributed by atoms with E-state index < -0.39 is 17.7 Å². The van der Waals surface area contributed by atoms with Gasteiger partial charge in [0.2, 0.25) is 1.43 Å². The number of ether oxygens (including phenoxy) is 1. The average molecular weight is 471 g/mol. The van der Waals surface area contributed by atoms with Gasteiger partial charge in [0.15, 0.2) is 11.7 Å². The van der Waals surface area contributed by atoms with Gasteiger partial charge in [-0.15, -0.1) is 0 Å². The molecule has 4 heteroatoms. The molecular formula is C30H47NO3. The highest BCUT2D eigenvalue weighted by Gasteiger charge is 2.51. The first-order chi connectivity index (χ1) is 16.3. The highest BCUT2D eigenvalue weighted by atomic mass is 16.6. The molecule has 4 nitrogen and oxygen atoms in total. The normalized spacial score (nSPS) is 24.9. The number of carbonyl (C=O) groups is 1. The summed E-state index contributed by atoms with van der Waals surface area (Å²) in [6.45, 7) is 21.9. The minimum absolute atomic E-state index is 0.00586. The van der Waals surface area contributed by atoms with Crippen molar-refractivity contribution in [3.8, 4) is 11.8 Å². The highest BCUT2D eigenvalue weighted by molar-refractivity contribution is 5.82. The summed E-state index contributed by atoms with van der Waals surface area (Å²) in [6, 6.07) is 5.93. The summed E-state index contributed by atoms with van der Waals surface area (Å²) in [5.41, 5.74) is 1.42. The molecule has 1 saturated carbocycles. The number of rotatable bonds is 7. The van der Waals surface area contributed by atoms with Crippen LogP contribution in [0.15, 0.2) is 18.2 Å². The minimum atomic E-state index is -1.48. The van der Waals surface area contributed by atoms with E-state index in [4.69, 9.17) is 11.3 Å². The molecule has 0 bridgehead atoms. The van der Waals surface area contributed by atoms with Crippen LogP contribution < -0.4 is 0 Å². The minimum Gasteiger partial charge on any atom is -0.447 e. The van der Waals surface area contributed by atoms with E-state index in [2.05, 4.69) is 65.2 Å². The molecule has 0 saturated heterocycles. The Morgan fingerprint density at radius 1 is 1.21 bits per heavy atom. The molecule has 1 aromatic rings. The predicted molar refractivity (Wildman–Crippen MR) is 140 cm³/mol. The fraction of sp³-hybridized carbons (Fsp3) is 0.700. The predicted octanol–water partition coefficient (Wildman–Crippen LogP) is 6.01. The number of hydrogen-bond donors (Lipinski definition) is 1. The van der Waals surface area contributed by atoms with Gasteiger partial charge in [-0.25, -0.2) is 4.79 Å².